The van der Waals surface area contributed by atoms with E-state index in [1.54, 1.807) is 12.1 Å². The summed E-state index contributed by atoms with van der Waals surface area (Å²) in [5.41, 5.74) is 0. The first-order valence-corrected chi connectivity index (χ1v) is 10.0. The lowest BCUT2D eigenvalue weighted by Gasteiger charge is -2.26. The van der Waals surface area contributed by atoms with E-state index in [1.165, 1.54) is 29.6 Å². The third kappa shape index (κ3) is 3.50. The van der Waals surface area contributed by atoms with Gasteiger partial charge in [-0.05, 0) is 30.7 Å². The number of benzene rings is 1. The molecular formula is C14H19NO5S2. The second kappa shape index (κ2) is 6.39. The molecule has 8 heteroatoms. The highest BCUT2D eigenvalue weighted by Gasteiger charge is 2.38. The third-order valence-electron chi connectivity index (χ3n) is 3.59. The van der Waals surface area contributed by atoms with Gasteiger partial charge in [-0.1, -0.05) is 6.08 Å². The van der Waals surface area contributed by atoms with Gasteiger partial charge in [-0.25, -0.2) is 16.8 Å². The first-order valence-electron chi connectivity index (χ1n) is 6.77. The van der Waals surface area contributed by atoms with Gasteiger partial charge < -0.3 is 4.74 Å². The highest BCUT2D eigenvalue weighted by molar-refractivity contribution is 7.92. The fourth-order valence-corrected chi connectivity index (χ4v) is 5.91. The monoisotopic (exact) mass is 345 g/mol. The van der Waals surface area contributed by atoms with Gasteiger partial charge in [0.15, 0.2) is 9.84 Å². The zero-order chi connectivity index (χ0) is 16.4. The Hall–Kier alpha value is -1.38. The minimum atomic E-state index is -3.78. The van der Waals surface area contributed by atoms with Crippen molar-refractivity contribution in [3.63, 3.8) is 0 Å². The lowest BCUT2D eigenvalue weighted by molar-refractivity contribution is 0.367. The summed E-state index contributed by atoms with van der Waals surface area (Å²) in [6.07, 6.45) is 1.78. The van der Waals surface area contributed by atoms with Gasteiger partial charge in [0, 0.05) is 12.6 Å². The smallest absolute Gasteiger partial charge is 0.243 e. The van der Waals surface area contributed by atoms with Crippen molar-refractivity contribution in [2.24, 2.45) is 0 Å². The van der Waals surface area contributed by atoms with Crippen LogP contribution >= 0.6 is 0 Å². The van der Waals surface area contributed by atoms with Crippen LogP contribution in [-0.2, 0) is 19.9 Å². The van der Waals surface area contributed by atoms with Crippen LogP contribution in [-0.4, -0.2) is 52.3 Å². The first-order chi connectivity index (χ1) is 10.3. The molecule has 22 heavy (non-hydrogen) atoms. The molecular weight excluding hydrogens is 326 g/mol. The normalized spacial score (nSPS) is 20.9. The fourth-order valence-electron chi connectivity index (χ4n) is 2.46. The van der Waals surface area contributed by atoms with Crippen molar-refractivity contribution >= 4 is 19.9 Å². The van der Waals surface area contributed by atoms with Crippen molar-refractivity contribution in [3.05, 3.63) is 36.9 Å². The van der Waals surface area contributed by atoms with E-state index >= 15 is 0 Å². The van der Waals surface area contributed by atoms with E-state index in [0.717, 1.165) is 0 Å². The standard InChI is InChI=1S/C14H19NO5S2/c1-3-9-15(12-8-10-21(16,17)11-12)22(18,19)14-6-4-13(20-2)5-7-14/h3-7,12H,1,8-11H2,2H3/t12-/m0/s1. The van der Waals surface area contributed by atoms with Gasteiger partial charge in [0.2, 0.25) is 10.0 Å². The Balaban J connectivity index is 2.35. The van der Waals surface area contributed by atoms with Crippen LogP contribution in [0.5, 0.6) is 5.75 Å². The number of ether oxygens (including phenoxy) is 1. The Morgan fingerprint density at radius 3 is 2.45 bits per heavy atom. The number of hydrogen-bond donors (Lipinski definition) is 0. The second-order valence-corrected chi connectivity index (χ2v) is 9.22. The quantitative estimate of drug-likeness (QED) is 0.720. The summed E-state index contributed by atoms with van der Waals surface area (Å²) < 4.78 is 55.0. The van der Waals surface area contributed by atoms with E-state index in [9.17, 15) is 16.8 Å². The maximum atomic E-state index is 12.8. The summed E-state index contributed by atoms with van der Waals surface area (Å²) in [7, 11) is -5.46. The molecule has 2 rings (SSSR count). The predicted molar refractivity (Wildman–Crippen MR) is 84.1 cm³/mol. The molecule has 0 spiro atoms. The van der Waals surface area contributed by atoms with E-state index in [1.807, 2.05) is 0 Å². The topological polar surface area (TPSA) is 80.8 Å². The van der Waals surface area contributed by atoms with Crippen LogP contribution in [0, 0.1) is 0 Å². The SMILES string of the molecule is C=CCN([C@H]1CCS(=O)(=O)C1)S(=O)(=O)c1ccc(OC)cc1. The Bertz CT molecular complexity index is 738. The molecule has 1 saturated heterocycles. The summed E-state index contributed by atoms with van der Waals surface area (Å²) >= 11 is 0. The lowest BCUT2D eigenvalue weighted by atomic mass is 10.2. The zero-order valence-electron chi connectivity index (χ0n) is 12.3. The molecule has 1 aromatic rings. The molecule has 0 aromatic heterocycles. The molecule has 1 aromatic carbocycles. The molecule has 0 radical (unpaired) electrons. The van der Waals surface area contributed by atoms with Crippen molar-refractivity contribution in [1.82, 2.24) is 4.31 Å². The minimum Gasteiger partial charge on any atom is -0.497 e. The van der Waals surface area contributed by atoms with E-state index in [0.29, 0.717) is 12.2 Å². The van der Waals surface area contributed by atoms with Gasteiger partial charge in [-0.2, -0.15) is 4.31 Å². The van der Waals surface area contributed by atoms with Gasteiger partial charge in [0.1, 0.15) is 5.75 Å². The van der Waals surface area contributed by atoms with E-state index < -0.39 is 25.9 Å². The average molecular weight is 345 g/mol. The van der Waals surface area contributed by atoms with E-state index in [4.69, 9.17) is 4.74 Å². The van der Waals surface area contributed by atoms with Gasteiger partial charge in [-0.3, -0.25) is 0 Å². The molecule has 0 N–H and O–H groups in total. The van der Waals surface area contributed by atoms with Gasteiger partial charge >= 0.3 is 0 Å². The highest BCUT2D eigenvalue weighted by Crippen LogP contribution is 2.26. The number of methoxy groups -OCH3 is 1. The molecule has 0 aliphatic carbocycles. The van der Waals surface area contributed by atoms with Gasteiger partial charge in [-0.15, -0.1) is 6.58 Å². The number of nitrogens with zero attached hydrogens (tertiary/aromatic N) is 1. The molecule has 1 atom stereocenters. The fraction of sp³-hybridized carbons (Fsp3) is 0.429. The zero-order valence-corrected chi connectivity index (χ0v) is 13.9. The molecule has 0 saturated carbocycles. The molecule has 0 amide bonds. The van der Waals surface area contributed by atoms with Crippen LogP contribution in [0.1, 0.15) is 6.42 Å². The summed E-state index contributed by atoms with van der Waals surface area (Å²) in [5, 5.41) is 0. The molecule has 1 aliphatic rings. The number of hydrogen-bond acceptors (Lipinski definition) is 5. The van der Waals surface area contributed by atoms with Gasteiger partial charge in [0.25, 0.3) is 0 Å². The van der Waals surface area contributed by atoms with Crippen molar-refractivity contribution in [3.8, 4) is 5.75 Å². The van der Waals surface area contributed by atoms with Crippen molar-refractivity contribution in [1.29, 1.82) is 0 Å². The first kappa shape index (κ1) is 17.0. The molecule has 1 aliphatic heterocycles. The lowest BCUT2D eigenvalue weighted by Crippen LogP contribution is -2.41. The predicted octanol–water partition coefficient (Wildman–Crippen LogP) is 1.06. The van der Waals surface area contributed by atoms with Gasteiger partial charge in [0.05, 0.1) is 23.5 Å². The Labute approximate surface area is 131 Å². The summed E-state index contributed by atoms with van der Waals surface area (Å²) in [6, 6.07) is 5.48. The van der Waals surface area contributed by atoms with Crippen LogP contribution in [0.2, 0.25) is 0 Å². The summed E-state index contributed by atoms with van der Waals surface area (Å²) in [6.45, 7) is 3.65. The summed E-state index contributed by atoms with van der Waals surface area (Å²) in [4.78, 5) is 0.111. The Kier molecular flexibility index (Phi) is 4.93. The molecule has 0 bridgehead atoms. The van der Waals surface area contributed by atoms with Crippen LogP contribution in [0.15, 0.2) is 41.8 Å². The van der Waals surface area contributed by atoms with Crippen molar-refractivity contribution < 1.29 is 21.6 Å². The van der Waals surface area contributed by atoms with Crippen LogP contribution in [0.4, 0.5) is 0 Å². The minimum absolute atomic E-state index is 0.0173. The summed E-state index contributed by atoms with van der Waals surface area (Å²) in [5.74, 6) is 0.428. The largest absolute Gasteiger partial charge is 0.497 e. The number of sulfone groups is 1. The van der Waals surface area contributed by atoms with Crippen LogP contribution in [0.25, 0.3) is 0 Å². The second-order valence-electron chi connectivity index (χ2n) is 5.10. The number of sulfonamides is 1. The maximum absolute atomic E-state index is 12.8. The maximum Gasteiger partial charge on any atom is 0.243 e. The molecule has 1 heterocycles. The Morgan fingerprint density at radius 2 is 2.00 bits per heavy atom. The van der Waals surface area contributed by atoms with Crippen LogP contribution in [0.3, 0.4) is 0 Å². The van der Waals surface area contributed by atoms with E-state index in [2.05, 4.69) is 6.58 Å². The molecule has 122 valence electrons. The molecule has 1 fully saturated rings. The third-order valence-corrected chi connectivity index (χ3v) is 7.27. The highest BCUT2D eigenvalue weighted by atomic mass is 32.2. The molecule has 0 unspecified atom stereocenters. The van der Waals surface area contributed by atoms with E-state index in [-0.39, 0.29) is 22.9 Å². The molecule has 6 nitrogen and oxygen atoms in total. The number of rotatable bonds is 6. The van der Waals surface area contributed by atoms with Crippen LogP contribution < -0.4 is 4.74 Å². The average Bonchev–Trinajstić information content (AvgIpc) is 2.84. The Morgan fingerprint density at radius 1 is 1.36 bits per heavy atom. The van der Waals surface area contributed by atoms with Crippen molar-refractivity contribution in [2.45, 2.75) is 17.4 Å². The van der Waals surface area contributed by atoms with Crippen molar-refractivity contribution in [2.75, 3.05) is 25.2 Å².